The average Bonchev–Trinajstić information content (AvgIpc) is 2.57. The van der Waals surface area contributed by atoms with Crippen molar-refractivity contribution in [1.82, 2.24) is 0 Å². The molecule has 0 saturated heterocycles. The molecule has 0 spiro atoms. The summed E-state index contributed by atoms with van der Waals surface area (Å²) in [6.07, 6.45) is 13.0. The molecule has 148 valence electrons. The Bertz CT molecular complexity index is 352. The molecule has 0 aliphatic rings. The van der Waals surface area contributed by atoms with Crippen molar-refractivity contribution in [3.05, 3.63) is 11.6 Å². The van der Waals surface area contributed by atoms with Crippen LogP contribution in [0.5, 0.6) is 0 Å². The normalized spacial score (nSPS) is 12.6. The van der Waals surface area contributed by atoms with Crippen molar-refractivity contribution in [1.29, 1.82) is 0 Å². The van der Waals surface area contributed by atoms with Gasteiger partial charge in [0.25, 0.3) is 0 Å². The fraction of sp³-hybridized carbons (Fsp3) is 0.850. The van der Waals surface area contributed by atoms with Crippen LogP contribution in [0.25, 0.3) is 0 Å². The number of carbonyl (C=O) groups is 1. The highest BCUT2D eigenvalue weighted by Crippen LogP contribution is 2.17. The van der Waals surface area contributed by atoms with Crippen molar-refractivity contribution in [3.8, 4) is 0 Å². The highest BCUT2D eigenvalue weighted by atomic mass is 28.4. The monoisotopic (exact) mass is 372 g/mol. The van der Waals surface area contributed by atoms with Crippen LogP contribution in [0, 0.1) is 0 Å². The summed E-state index contributed by atoms with van der Waals surface area (Å²) in [6, 6.07) is 0. The maximum atomic E-state index is 12.7. The van der Waals surface area contributed by atoms with Gasteiger partial charge in [-0.05, 0) is 46.6 Å². The summed E-state index contributed by atoms with van der Waals surface area (Å²) in [5.74, 6) is 0. The molecule has 0 unspecified atom stereocenters. The number of rotatable bonds is 17. The van der Waals surface area contributed by atoms with Crippen molar-refractivity contribution in [2.75, 3.05) is 19.8 Å². The minimum Gasteiger partial charge on any atom is -0.368 e. The van der Waals surface area contributed by atoms with E-state index in [0.717, 1.165) is 18.4 Å². The second kappa shape index (κ2) is 15.7. The smallest absolute Gasteiger partial charge is 0.368 e. The van der Waals surface area contributed by atoms with E-state index in [2.05, 4.69) is 6.92 Å². The molecular formula is C20H40O4Si. The highest BCUT2D eigenvalue weighted by Gasteiger charge is 2.48. The van der Waals surface area contributed by atoms with Crippen molar-refractivity contribution in [2.45, 2.75) is 92.4 Å². The zero-order chi connectivity index (χ0) is 19.0. The molecule has 0 bridgehead atoms. The van der Waals surface area contributed by atoms with Crippen LogP contribution in [-0.4, -0.2) is 34.0 Å². The molecule has 0 aromatic carbocycles. The first-order valence-electron chi connectivity index (χ1n) is 10.2. The topological polar surface area (TPSA) is 44.8 Å². The summed E-state index contributed by atoms with van der Waals surface area (Å²) in [5, 5.41) is -0.116. The second-order valence-corrected chi connectivity index (χ2v) is 8.91. The third kappa shape index (κ3) is 11.0. The standard InChI is InChI=1S/C20H40O4Si/c1-6-10-11-12-13-14-15-16-17-19(5)18-20(21)25(22-7-2,23-8-3)24-9-4/h18H,6-17H2,1-5H3. The molecular weight excluding hydrogens is 332 g/mol. The first kappa shape index (κ1) is 24.5. The fourth-order valence-electron chi connectivity index (χ4n) is 2.83. The molecule has 0 N–H and O–H groups in total. The van der Waals surface area contributed by atoms with Gasteiger partial charge >= 0.3 is 8.80 Å². The molecule has 0 radical (unpaired) electrons. The summed E-state index contributed by atoms with van der Waals surface area (Å²) >= 11 is 0. The Hall–Kier alpha value is -0.493. The molecule has 0 aromatic rings. The van der Waals surface area contributed by atoms with Crippen LogP contribution in [-0.2, 0) is 18.1 Å². The summed E-state index contributed by atoms with van der Waals surface area (Å²) in [6.45, 7) is 11.1. The Kier molecular flexibility index (Phi) is 15.4. The summed E-state index contributed by atoms with van der Waals surface area (Å²) in [4.78, 5) is 12.7. The van der Waals surface area contributed by atoms with Gasteiger partial charge in [-0.25, -0.2) is 0 Å². The van der Waals surface area contributed by atoms with Gasteiger partial charge in [0.15, 0.2) is 0 Å². The minimum absolute atomic E-state index is 0.116. The molecule has 0 aliphatic heterocycles. The predicted octanol–water partition coefficient (Wildman–Crippen LogP) is 5.62. The van der Waals surface area contributed by atoms with E-state index in [9.17, 15) is 4.79 Å². The average molecular weight is 373 g/mol. The SMILES string of the molecule is CCCCCCCCCCC(C)=CC(=O)[Si](OCC)(OCC)OCC. The second-order valence-electron chi connectivity index (χ2n) is 6.44. The van der Waals surface area contributed by atoms with Gasteiger partial charge in [-0.3, -0.25) is 4.79 Å². The minimum atomic E-state index is -3.25. The Morgan fingerprint density at radius 1 is 0.760 bits per heavy atom. The quantitative estimate of drug-likeness (QED) is 0.189. The van der Waals surface area contributed by atoms with Crippen LogP contribution in [0.3, 0.4) is 0 Å². The number of carbonyl (C=O) groups excluding carboxylic acids is 1. The maximum absolute atomic E-state index is 12.7. The van der Waals surface area contributed by atoms with Gasteiger partial charge < -0.3 is 13.3 Å². The van der Waals surface area contributed by atoms with Gasteiger partial charge in [-0.2, -0.15) is 0 Å². The van der Waals surface area contributed by atoms with Crippen molar-refractivity contribution >= 4 is 14.2 Å². The lowest BCUT2D eigenvalue weighted by atomic mass is 10.0. The number of allylic oxidation sites excluding steroid dienone is 2. The van der Waals surface area contributed by atoms with E-state index in [1.807, 2.05) is 27.7 Å². The molecule has 5 heteroatoms. The van der Waals surface area contributed by atoms with E-state index in [-0.39, 0.29) is 5.41 Å². The molecule has 0 saturated carbocycles. The predicted molar refractivity (Wildman–Crippen MR) is 107 cm³/mol. The molecule has 0 aliphatic carbocycles. The Balaban J connectivity index is 4.35. The lowest BCUT2D eigenvalue weighted by Gasteiger charge is -2.25. The Morgan fingerprint density at radius 3 is 1.64 bits per heavy atom. The van der Waals surface area contributed by atoms with Crippen LogP contribution >= 0.6 is 0 Å². The van der Waals surface area contributed by atoms with Crippen molar-refractivity contribution in [3.63, 3.8) is 0 Å². The molecule has 0 amide bonds. The Labute approximate surface area is 156 Å². The van der Waals surface area contributed by atoms with Crippen LogP contribution in [0.15, 0.2) is 11.6 Å². The first-order valence-corrected chi connectivity index (χ1v) is 11.9. The van der Waals surface area contributed by atoms with Crippen molar-refractivity contribution < 1.29 is 18.1 Å². The molecule has 0 heterocycles. The summed E-state index contributed by atoms with van der Waals surface area (Å²) in [5.41, 5.74) is 1.09. The lowest BCUT2D eigenvalue weighted by Crippen LogP contribution is -2.53. The van der Waals surface area contributed by atoms with Gasteiger partial charge in [0.05, 0.1) is 0 Å². The highest BCUT2D eigenvalue weighted by molar-refractivity contribution is 6.94. The largest absolute Gasteiger partial charge is 0.579 e. The van der Waals surface area contributed by atoms with Gasteiger partial charge in [-0.15, -0.1) is 0 Å². The van der Waals surface area contributed by atoms with E-state index in [1.165, 1.54) is 44.9 Å². The molecule has 0 fully saturated rings. The molecule has 0 atom stereocenters. The third-order valence-corrected chi connectivity index (χ3v) is 6.86. The summed E-state index contributed by atoms with van der Waals surface area (Å²) in [7, 11) is -3.25. The van der Waals surface area contributed by atoms with Crippen molar-refractivity contribution in [2.24, 2.45) is 0 Å². The summed E-state index contributed by atoms with van der Waals surface area (Å²) < 4.78 is 17.0. The van der Waals surface area contributed by atoms with Gasteiger partial charge in [0, 0.05) is 19.8 Å². The fourth-order valence-corrected chi connectivity index (χ4v) is 5.07. The van der Waals surface area contributed by atoms with E-state index < -0.39 is 8.80 Å². The van der Waals surface area contributed by atoms with Crippen LogP contribution in [0.4, 0.5) is 0 Å². The van der Waals surface area contributed by atoms with Gasteiger partial charge in [0.1, 0.15) is 0 Å². The molecule has 0 aromatic heterocycles. The number of unbranched alkanes of at least 4 members (excludes halogenated alkanes) is 7. The lowest BCUT2D eigenvalue weighted by molar-refractivity contribution is -0.115. The molecule has 0 rings (SSSR count). The van der Waals surface area contributed by atoms with E-state index in [4.69, 9.17) is 13.3 Å². The van der Waals surface area contributed by atoms with E-state index in [0.29, 0.717) is 19.8 Å². The third-order valence-electron chi connectivity index (χ3n) is 4.11. The first-order chi connectivity index (χ1) is 12.1. The number of hydrogen-bond acceptors (Lipinski definition) is 4. The zero-order valence-corrected chi connectivity index (χ0v) is 18.2. The van der Waals surface area contributed by atoms with Crippen LogP contribution in [0.2, 0.25) is 0 Å². The van der Waals surface area contributed by atoms with Crippen LogP contribution in [0.1, 0.15) is 92.4 Å². The van der Waals surface area contributed by atoms with E-state index in [1.54, 1.807) is 6.08 Å². The Morgan fingerprint density at radius 2 is 1.20 bits per heavy atom. The van der Waals surface area contributed by atoms with Gasteiger partial charge in [-0.1, -0.05) is 57.4 Å². The molecule has 25 heavy (non-hydrogen) atoms. The van der Waals surface area contributed by atoms with Crippen LogP contribution < -0.4 is 0 Å². The maximum Gasteiger partial charge on any atom is 0.579 e. The zero-order valence-electron chi connectivity index (χ0n) is 17.2. The molecule has 4 nitrogen and oxygen atoms in total. The van der Waals surface area contributed by atoms with E-state index >= 15 is 0 Å². The number of hydrogen-bond donors (Lipinski definition) is 0. The van der Waals surface area contributed by atoms with Gasteiger partial charge in [0.2, 0.25) is 5.41 Å².